The Kier molecular flexibility index (Phi) is 6.03. The van der Waals surface area contributed by atoms with Crippen molar-refractivity contribution in [3.8, 4) is 0 Å². The quantitative estimate of drug-likeness (QED) is 0.660. The van der Waals surface area contributed by atoms with E-state index in [1.54, 1.807) is 11.4 Å². The summed E-state index contributed by atoms with van der Waals surface area (Å²) >= 11 is 1.45. The van der Waals surface area contributed by atoms with Crippen LogP contribution in [0.15, 0.2) is 47.2 Å². The standard InChI is InChI=1S/C20H22N4O2S/c1-14-18(15(2)24(23-14)12-16-6-4-3-5-7-16)10-21-19(25)11-22-20(26)17-8-9-27-13-17/h3-9,13H,10-12H2,1-2H3,(H,21,25)(H,22,26). The van der Waals surface area contributed by atoms with E-state index in [0.717, 1.165) is 17.0 Å². The largest absolute Gasteiger partial charge is 0.350 e. The second-order valence-electron chi connectivity index (χ2n) is 6.26. The van der Waals surface area contributed by atoms with Crippen LogP contribution in [0.4, 0.5) is 0 Å². The van der Waals surface area contributed by atoms with Gasteiger partial charge in [-0.05, 0) is 30.9 Å². The number of amides is 2. The van der Waals surface area contributed by atoms with E-state index < -0.39 is 0 Å². The number of nitrogens with one attached hydrogen (secondary N) is 2. The number of benzene rings is 1. The van der Waals surface area contributed by atoms with E-state index in [1.807, 2.05) is 42.1 Å². The third-order valence-electron chi connectivity index (χ3n) is 4.36. The highest BCUT2D eigenvalue weighted by Crippen LogP contribution is 2.14. The van der Waals surface area contributed by atoms with E-state index in [2.05, 4.69) is 27.9 Å². The summed E-state index contributed by atoms with van der Waals surface area (Å²) in [6, 6.07) is 11.9. The predicted octanol–water partition coefficient (Wildman–Crippen LogP) is 2.66. The molecule has 0 spiro atoms. The van der Waals surface area contributed by atoms with Gasteiger partial charge < -0.3 is 10.6 Å². The SMILES string of the molecule is Cc1nn(Cc2ccccc2)c(C)c1CNC(=O)CNC(=O)c1ccsc1. The molecule has 0 bridgehead atoms. The smallest absolute Gasteiger partial charge is 0.252 e. The monoisotopic (exact) mass is 382 g/mol. The highest BCUT2D eigenvalue weighted by atomic mass is 32.1. The molecule has 0 radical (unpaired) electrons. The molecule has 3 rings (SSSR count). The summed E-state index contributed by atoms with van der Waals surface area (Å²) in [5.74, 6) is -0.470. The number of carbonyl (C=O) groups excluding carboxylic acids is 2. The first-order valence-corrected chi connectivity index (χ1v) is 9.63. The van der Waals surface area contributed by atoms with Crippen molar-refractivity contribution in [1.82, 2.24) is 20.4 Å². The molecule has 0 aliphatic carbocycles. The van der Waals surface area contributed by atoms with Crippen molar-refractivity contribution in [3.05, 3.63) is 75.2 Å². The lowest BCUT2D eigenvalue weighted by atomic mass is 10.2. The fraction of sp³-hybridized carbons (Fsp3) is 0.250. The molecule has 3 aromatic rings. The molecule has 0 saturated heterocycles. The maximum Gasteiger partial charge on any atom is 0.252 e. The molecule has 0 unspecified atom stereocenters. The molecule has 0 atom stereocenters. The van der Waals surface area contributed by atoms with Crippen LogP contribution in [0.2, 0.25) is 0 Å². The molecule has 2 amide bonds. The molecule has 0 aliphatic rings. The van der Waals surface area contributed by atoms with Gasteiger partial charge in [0.1, 0.15) is 0 Å². The Hall–Kier alpha value is -2.93. The number of aromatic nitrogens is 2. The fourth-order valence-corrected chi connectivity index (χ4v) is 3.44. The number of aryl methyl sites for hydroxylation is 1. The van der Waals surface area contributed by atoms with Gasteiger partial charge in [0.05, 0.1) is 18.8 Å². The Morgan fingerprint density at radius 1 is 1.11 bits per heavy atom. The zero-order valence-corrected chi connectivity index (χ0v) is 16.2. The number of hydrogen-bond donors (Lipinski definition) is 2. The van der Waals surface area contributed by atoms with E-state index in [4.69, 9.17) is 0 Å². The van der Waals surface area contributed by atoms with Gasteiger partial charge >= 0.3 is 0 Å². The third-order valence-corrected chi connectivity index (χ3v) is 5.04. The summed E-state index contributed by atoms with van der Waals surface area (Å²) in [5.41, 5.74) is 4.67. The van der Waals surface area contributed by atoms with Gasteiger partial charge in [-0.1, -0.05) is 30.3 Å². The summed E-state index contributed by atoms with van der Waals surface area (Å²) in [6.45, 7) is 4.97. The first-order chi connectivity index (χ1) is 13.0. The Labute approximate surface area is 162 Å². The third kappa shape index (κ3) is 4.83. The normalized spacial score (nSPS) is 10.6. The minimum absolute atomic E-state index is 0.0507. The highest BCUT2D eigenvalue weighted by Gasteiger charge is 2.13. The summed E-state index contributed by atoms with van der Waals surface area (Å²) < 4.78 is 1.95. The van der Waals surface area contributed by atoms with Gasteiger partial charge in [-0.2, -0.15) is 16.4 Å². The van der Waals surface area contributed by atoms with Crippen LogP contribution in [-0.4, -0.2) is 28.1 Å². The fourth-order valence-electron chi connectivity index (χ4n) is 2.81. The van der Waals surface area contributed by atoms with Gasteiger partial charge in [-0.25, -0.2) is 0 Å². The average molecular weight is 382 g/mol. The molecule has 1 aromatic carbocycles. The molecule has 2 aromatic heterocycles. The van der Waals surface area contributed by atoms with Crippen molar-refractivity contribution in [2.45, 2.75) is 26.9 Å². The minimum atomic E-state index is -0.241. The van der Waals surface area contributed by atoms with Gasteiger partial charge in [-0.15, -0.1) is 0 Å². The zero-order chi connectivity index (χ0) is 19.2. The molecule has 2 heterocycles. The van der Waals surface area contributed by atoms with Gasteiger partial charge in [0.25, 0.3) is 5.91 Å². The number of carbonyl (C=O) groups is 2. The van der Waals surface area contributed by atoms with E-state index in [1.165, 1.54) is 16.9 Å². The van der Waals surface area contributed by atoms with E-state index >= 15 is 0 Å². The number of hydrogen-bond acceptors (Lipinski definition) is 4. The zero-order valence-electron chi connectivity index (χ0n) is 15.4. The van der Waals surface area contributed by atoms with E-state index in [9.17, 15) is 9.59 Å². The molecule has 7 heteroatoms. The molecule has 27 heavy (non-hydrogen) atoms. The lowest BCUT2D eigenvalue weighted by Gasteiger charge is -2.08. The first kappa shape index (κ1) is 18.8. The molecular weight excluding hydrogens is 360 g/mol. The molecule has 140 valence electrons. The van der Waals surface area contributed by atoms with Crippen LogP contribution < -0.4 is 10.6 Å². The maximum absolute atomic E-state index is 12.1. The molecule has 2 N–H and O–H groups in total. The van der Waals surface area contributed by atoms with Crippen molar-refractivity contribution < 1.29 is 9.59 Å². The van der Waals surface area contributed by atoms with Gasteiger partial charge in [0.15, 0.2) is 0 Å². The number of nitrogens with zero attached hydrogens (tertiary/aromatic N) is 2. The van der Waals surface area contributed by atoms with Crippen LogP contribution in [0, 0.1) is 13.8 Å². The van der Waals surface area contributed by atoms with E-state index in [0.29, 0.717) is 18.7 Å². The first-order valence-electron chi connectivity index (χ1n) is 8.68. The Balaban J connectivity index is 1.54. The van der Waals surface area contributed by atoms with Crippen molar-refractivity contribution in [2.24, 2.45) is 0 Å². The Bertz CT molecular complexity index is 917. The van der Waals surface area contributed by atoms with Crippen LogP contribution in [0.25, 0.3) is 0 Å². The van der Waals surface area contributed by atoms with E-state index in [-0.39, 0.29) is 18.4 Å². The Morgan fingerprint density at radius 3 is 2.59 bits per heavy atom. The summed E-state index contributed by atoms with van der Waals surface area (Å²) in [5, 5.41) is 13.6. The second kappa shape index (κ2) is 8.64. The lowest BCUT2D eigenvalue weighted by Crippen LogP contribution is -2.36. The summed E-state index contributed by atoms with van der Waals surface area (Å²) in [7, 11) is 0. The number of thiophene rings is 1. The summed E-state index contributed by atoms with van der Waals surface area (Å²) in [4.78, 5) is 23.9. The van der Waals surface area contributed by atoms with Crippen molar-refractivity contribution in [1.29, 1.82) is 0 Å². The van der Waals surface area contributed by atoms with Crippen LogP contribution >= 0.6 is 11.3 Å². The van der Waals surface area contributed by atoms with Crippen LogP contribution in [0.5, 0.6) is 0 Å². The van der Waals surface area contributed by atoms with Gasteiger partial charge in [0, 0.05) is 28.7 Å². The molecular formula is C20H22N4O2S. The molecule has 0 aliphatic heterocycles. The van der Waals surface area contributed by atoms with Crippen LogP contribution in [0.1, 0.15) is 32.9 Å². The minimum Gasteiger partial charge on any atom is -0.350 e. The average Bonchev–Trinajstić information content (AvgIpc) is 3.29. The molecule has 0 fully saturated rings. The Morgan fingerprint density at radius 2 is 1.89 bits per heavy atom. The van der Waals surface area contributed by atoms with Gasteiger partial charge in [0.2, 0.25) is 5.91 Å². The summed E-state index contributed by atoms with van der Waals surface area (Å²) in [6.07, 6.45) is 0. The topological polar surface area (TPSA) is 76.0 Å². The van der Waals surface area contributed by atoms with Crippen molar-refractivity contribution in [3.63, 3.8) is 0 Å². The predicted molar refractivity (Wildman–Crippen MR) is 106 cm³/mol. The van der Waals surface area contributed by atoms with Crippen molar-refractivity contribution in [2.75, 3.05) is 6.54 Å². The maximum atomic E-state index is 12.1. The van der Waals surface area contributed by atoms with Crippen molar-refractivity contribution >= 4 is 23.2 Å². The second-order valence-corrected chi connectivity index (χ2v) is 7.04. The lowest BCUT2D eigenvalue weighted by molar-refractivity contribution is -0.120. The number of rotatable bonds is 7. The highest BCUT2D eigenvalue weighted by molar-refractivity contribution is 7.08. The molecule has 6 nitrogen and oxygen atoms in total. The van der Waals surface area contributed by atoms with Crippen LogP contribution in [-0.2, 0) is 17.9 Å². The molecule has 0 saturated carbocycles. The van der Waals surface area contributed by atoms with Gasteiger partial charge in [-0.3, -0.25) is 14.3 Å². The van der Waals surface area contributed by atoms with Crippen LogP contribution in [0.3, 0.4) is 0 Å².